The fourth-order valence-corrected chi connectivity index (χ4v) is 1.99. The summed E-state index contributed by atoms with van der Waals surface area (Å²) in [5, 5.41) is -0.300. The second kappa shape index (κ2) is 4.68. The lowest BCUT2D eigenvalue weighted by atomic mass is 10.2. The first-order valence-electron chi connectivity index (χ1n) is 3.98. The second-order valence-electron chi connectivity index (χ2n) is 2.91. The Labute approximate surface area is 87.5 Å². The summed E-state index contributed by atoms with van der Waals surface area (Å²) in [6.45, 7) is 4.06. The Morgan fingerprint density at radius 1 is 1.46 bits per heavy atom. The molecule has 0 fully saturated rings. The molecule has 0 aliphatic heterocycles. The predicted molar refractivity (Wildman–Crippen MR) is 57.5 cm³/mol. The summed E-state index contributed by atoms with van der Waals surface area (Å²) in [6.07, 6.45) is 0. The lowest BCUT2D eigenvalue weighted by Gasteiger charge is -2.04. The van der Waals surface area contributed by atoms with Gasteiger partial charge in [0, 0.05) is 4.90 Å². The van der Waals surface area contributed by atoms with Crippen molar-refractivity contribution in [3.05, 3.63) is 29.3 Å². The third kappa shape index (κ3) is 3.41. The van der Waals surface area contributed by atoms with Crippen LogP contribution >= 0.6 is 23.4 Å². The highest BCUT2D eigenvalue weighted by atomic mass is 35.5. The number of hydrogen-bond donors (Lipinski definition) is 0. The van der Waals surface area contributed by atoms with E-state index in [9.17, 15) is 4.79 Å². The fraction of sp³-hybridized carbons (Fsp3) is 0.300. The number of rotatable bonds is 3. The highest BCUT2D eigenvalue weighted by Gasteiger charge is 2.02. The molecule has 0 radical (unpaired) electrons. The highest BCUT2D eigenvalue weighted by Crippen LogP contribution is 2.23. The van der Waals surface area contributed by atoms with Crippen LogP contribution in [-0.4, -0.2) is 11.0 Å². The Hall–Kier alpha value is -0.470. The molecule has 1 aromatic rings. The van der Waals surface area contributed by atoms with Gasteiger partial charge in [-0.25, -0.2) is 0 Å². The third-order valence-corrected chi connectivity index (χ3v) is 3.13. The van der Waals surface area contributed by atoms with E-state index in [2.05, 4.69) is 18.2 Å². The van der Waals surface area contributed by atoms with Crippen LogP contribution in [0.3, 0.4) is 0 Å². The smallest absolute Gasteiger partial charge is 0.231 e. The topological polar surface area (TPSA) is 17.1 Å². The molecule has 0 saturated carbocycles. The molecule has 13 heavy (non-hydrogen) atoms. The van der Waals surface area contributed by atoms with Crippen LogP contribution in [0, 0.1) is 13.8 Å². The molecule has 1 nitrogen and oxygen atoms in total. The van der Waals surface area contributed by atoms with E-state index in [0.717, 1.165) is 4.90 Å². The quantitative estimate of drug-likeness (QED) is 0.568. The van der Waals surface area contributed by atoms with E-state index in [1.807, 2.05) is 13.8 Å². The predicted octanol–water partition coefficient (Wildman–Crippen LogP) is 3.16. The summed E-state index contributed by atoms with van der Waals surface area (Å²) in [5.41, 5.74) is 2.39. The molecule has 0 saturated heterocycles. The van der Waals surface area contributed by atoms with Gasteiger partial charge in [0.05, 0.1) is 5.75 Å². The van der Waals surface area contributed by atoms with E-state index >= 15 is 0 Å². The maximum Gasteiger partial charge on any atom is 0.231 e. The molecule has 0 bridgehead atoms. The van der Waals surface area contributed by atoms with Crippen LogP contribution in [0.2, 0.25) is 0 Å². The van der Waals surface area contributed by atoms with E-state index < -0.39 is 0 Å². The largest absolute Gasteiger partial charge is 0.280 e. The van der Waals surface area contributed by atoms with E-state index in [-0.39, 0.29) is 5.24 Å². The van der Waals surface area contributed by atoms with Gasteiger partial charge in [0.1, 0.15) is 0 Å². The summed E-state index contributed by atoms with van der Waals surface area (Å²) in [7, 11) is 0. The van der Waals surface area contributed by atoms with Crippen molar-refractivity contribution in [3.63, 3.8) is 0 Å². The van der Waals surface area contributed by atoms with Crippen LogP contribution in [0.1, 0.15) is 11.1 Å². The van der Waals surface area contributed by atoms with Gasteiger partial charge in [0.25, 0.3) is 0 Å². The molecule has 0 atom stereocenters. The molecule has 70 valence electrons. The van der Waals surface area contributed by atoms with Gasteiger partial charge in [-0.3, -0.25) is 4.79 Å². The van der Waals surface area contributed by atoms with Crippen molar-refractivity contribution in [3.8, 4) is 0 Å². The van der Waals surface area contributed by atoms with Crippen LogP contribution in [-0.2, 0) is 4.79 Å². The monoisotopic (exact) mass is 214 g/mol. The molecule has 0 aromatic heterocycles. The van der Waals surface area contributed by atoms with Crippen LogP contribution in [0.5, 0.6) is 0 Å². The van der Waals surface area contributed by atoms with Crippen molar-refractivity contribution in [2.75, 3.05) is 5.75 Å². The summed E-state index contributed by atoms with van der Waals surface area (Å²) in [5.74, 6) is 0.339. The Balaban J connectivity index is 2.75. The van der Waals surface area contributed by atoms with Crippen LogP contribution in [0.15, 0.2) is 23.1 Å². The lowest BCUT2D eigenvalue weighted by Crippen LogP contribution is -1.90. The number of hydrogen-bond acceptors (Lipinski definition) is 2. The Bertz CT molecular complexity index is 323. The first-order valence-corrected chi connectivity index (χ1v) is 5.34. The van der Waals surface area contributed by atoms with Gasteiger partial charge in [-0.2, -0.15) is 0 Å². The van der Waals surface area contributed by atoms with Crippen molar-refractivity contribution in [2.24, 2.45) is 0 Å². The van der Waals surface area contributed by atoms with Gasteiger partial charge in [-0.1, -0.05) is 17.7 Å². The minimum absolute atomic E-state index is 0.300. The molecule has 0 aliphatic carbocycles. The Kier molecular flexibility index (Phi) is 3.82. The molecular weight excluding hydrogens is 204 g/mol. The van der Waals surface area contributed by atoms with E-state index in [1.54, 1.807) is 0 Å². The molecule has 0 amide bonds. The van der Waals surface area contributed by atoms with Crippen LogP contribution in [0.25, 0.3) is 0 Å². The third-order valence-electron chi connectivity index (χ3n) is 1.68. The highest BCUT2D eigenvalue weighted by molar-refractivity contribution is 8.00. The van der Waals surface area contributed by atoms with Crippen molar-refractivity contribution in [2.45, 2.75) is 18.7 Å². The minimum atomic E-state index is -0.300. The maximum absolute atomic E-state index is 10.6. The van der Waals surface area contributed by atoms with E-state index in [0.29, 0.717) is 5.75 Å². The lowest BCUT2D eigenvalue weighted by molar-refractivity contribution is -0.109. The molecule has 1 aromatic carbocycles. The number of carbonyl (C=O) groups excluding carboxylic acids is 1. The average Bonchev–Trinajstić information content (AvgIpc) is 2.06. The second-order valence-corrected chi connectivity index (χ2v) is 4.35. The van der Waals surface area contributed by atoms with Crippen molar-refractivity contribution < 1.29 is 4.79 Å². The van der Waals surface area contributed by atoms with Crippen molar-refractivity contribution in [1.29, 1.82) is 0 Å². The standard InChI is InChI=1S/C10H11ClOS/c1-7-3-4-8(2)9(5-7)13-6-10(11)12/h3-5H,6H2,1-2H3. The van der Waals surface area contributed by atoms with Gasteiger partial charge in [0.15, 0.2) is 0 Å². The maximum atomic E-state index is 10.6. The van der Waals surface area contributed by atoms with Crippen LogP contribution in [0.4, 0.5) is 0 Å². The van der Waals surface area contributed by atoms with E-state index in [4.69, 9.17) is 11.6 Å². The zero-order valence-corrected chi connectivity index (χ0v) is 9.21. The van der Waals surface area contributed by atoms with Crippen LogP contribution < -0.4 is 0 Å². The van der Waals surface area contributed by atoms with Gasteiger partial charge in [-0.15, -0.1) is 11.8 Å². The molecule has 0 spiro atoms. The van der Waals surface area contributed by atoms with Crippen molar-refractivity contribution >= 4 is 28.6 Å². The number of carbonyl (C=O) groups is 1. The summed E-state index contributed by atoms with van der Waals surface area (Å²) in [6, 6.07) is 6.18. The molecular formula is C10H11ClOS. The Morgan fingerprint density at radius 3 is 2.77 bits per heavy atom. The molecule has 0 aliphatic rings. The minimum Gasteiger partial charge on any atom is -0.280 e. The first kappa shape index (κ1) is 10.6. The molecule has 0 N–H and O–H groups in total. The van der Waals surface area contributed by atoms with Gasteiger partial charge >= 0.3 is 0 Å². The van der Waals surface area contributed by atoms with Gasteiger partial charge in [0.2, 0.25) is 5.24 Å². The van der Waals surface area contributed by atoms with Gasteiger partial charge in [-0.05, 0) is 37.1 Å². The van der Waals surface area contributed by atoms with E-state index in [1.165, 1.54) is 22.9 Å². The van der Waals surface area contributed by atoms with Gasteiger partial charge < -0.3 is 0 Å². The van der Waals surface area contributed by atoms with Crippen molar-refractivity contribution in [1.82, 2.24) is 0 Å². The average molecular weight is 215 g/mol. The zero-order chi connectivity index (χ0) is 9.84. The molecule has 1 rings (SSSR count). The summed E-state index contributed by atoms with van der Waals surface area (Å²) >= 11 is 6.75. The molecule has 3 heteroatoms. The molecule has 0 unspecified atom stereocenters. The molecule has 0 heterocycles. The zero-order valence-electron chi connectivity index (χ0n) is 7.63. The SMILES string of the molecule is Cc1ccc(C)c(SCC(=O)Cl)c1. The number of halogens is 1. The number of thioether (sulfide) groups is 1. The first-order chi connectivity index (χ1) is 6.09. The Morgan fingerprint density at radius 2 is 2.15 bits per heavy atom. The summed E-state index contributed by atoms with van der Waals surface area (Å²) < 4.78 is 0. The normalized spacial score (nSPS) is 10.1. The number of benzene rings is 1. The fourth-order valence-electron chi connectivity index (χ4n) is 0.997. The summed E-state index contributed by atoms with van der Waals surface area (Å²) in [4.78, 5) is 11.7. The number of aryl methyl sites for hydroxylation is 2.